The fourth-order valence-corrected chi connectivity index (χ4v) is 2.53. The Hall–Kier alpha value is -1.51. The van der Waals surface area contributed by atoms with Gasteiger partial charge in [-0.05, 0) is 6.92 Å². The minimum atomic E-state index is -4.21. The van der Waals surface area contributed by atoms with E-state index in [1.165, 1.54) is 14.2 Å². The molecule has 120 valence electrons. The van der Waals surface area contributed by atoms with E-state index in [2.05, 4.69) is 0 Å². The number of aliphatic hydroxyl groups is 1. The topological polar surface area (TPSA) is 96.3 Å². The van der Waals surface area contributed by atoms with E-state index in [4.69, 9.17) is 14.0 Å². The standard InChI is InChI=1S/C13H21NO6S/c1-4-14(8-11(15)9-21(16,17)18)10-5-12(19-2)7-13(6-10)20-3/h5-7,11,15H,4,8-9H2,1-3H3,(H,16,17,18). The Labute approximate surface area is 124 Å². The third kappa shape index (κ3) is 5.78. The number of aliphatic hydroxyl groups excluding tert-OH is 1. The van der Waals surface area contributed by atoms with Crippen molar-refractivity contribution in [2.45, 2.75) is 13.0 Å². The number of ether oxygens (including phenoxy) is 2. The zero-order valence-corrected chi connectivity index (χ0v) is 13.1. The largest absolute Gasteiger partial charge is 0.497 e. The van der Waals surface area contributed by atoms with E-state index >= 15 is 0 Å². The van der Waals surface area contributed by atoms with Crippen molar-refractivity contribution in [2.75, 3.05) is 38.0 Å². The molecule has 0 spiro atoms. The van der Waals surface area contributed by atoms with Gasteiger partial charge in [0.25, 0.3) is 10.1 Å². The molecule has 0 saturated carbocycles. The predicted molar refractivity (Wildman–Crippen MR) is 79.9 cm³/mol. The summed E-state index contributed by atoms with van der Waals surface area (Å²) in [5, 5.41) is 9.76. The summed E-state index contributed by atoms with van der Waals surface area (Å²) >= 11 is 0. The van der Waals surface area contributed by atoms with Crippen LogP contribution in [0.2, 0.25) is 0 Å². The van der Waals surface area contributed by atoms with Gasteiger partial charge in [-0.2, -0.15) is 8.42 Å². The molecule has 1 aromatic carbocycles. The molecular weight excluding hydrogens is 298 g/mol. The number of anilines is 1. The Morgan fingerprint density at radius 2 is 1.71 bits per heavy atom. The van der Waals surface area contributed by atoms with E-state index in [-0.39, 0.29) is 6.54 Å². The lowest BCUT2D eigenvalue weighted by atomic mass is 10.2. The van der Waals surface area contributed by atoms with Gasteiger partial charge in [-0.25, -0.2) is 0 Å². The second-order valence-electron chi connectivity index (χ2n) is 4.51. The maximum Gasteiger partial charge on any atom is 0.267 e. The summed E-state index contributed by atoms with van der Waals surface area (Å²) in [7, 11) is -1.15. The third-order valence-corrected chi connectivity index (χ3v) is 3.72. The van der Waals surface area contributed by atoms with Crippen LogP contribution in [0, 0.1) is 0 Å². The molecule has 0 aromatic heterocycles. The number of methoxy groups -OCH3 is 2. The van der Waals surface area contributed by atoms with Gasteiger partial charge in [0.15, 0.2) is 0 Å². The van der Waals surface area contributed by atoms with Crippen molar-refractivity contribution in [3.63, 3.8) is 0 Å². The van der Waals surface area contributed by atoms with Gasteiger partial charge in [-0.1, -0.05) is 0 Å². The molecule has 0 fully saturated rings. The van der Waals surface area contributed by atoms with Gasteiger partial charge in [0.1, 0.15) is 17.3 Å². The molecule has 2 N–H and O–H groups in total. The molecule has 1 aromatic rings. The van der Waals surface area contributed by atoms with E-state index in [1.54, 1.807) is 23.1 Å². The molecule has 0 amide bonds. The van der Waals surface area contributed by atoms with Gasteiger partial charge in [-0.3, -0.25) is 4.55 Å². The number of rotatable bonds is 8. The van der Waals surface area contributed by atoms with E-state index in [0.29, 0.717) is 18.0 Å². The Morgan fingerprint density at radius 1 is 1.19 bits per heavy atom. The molecule has 0 bridgehead atoms. The van der Waals surface area contributed by atoms with Crippen LogP contribution >= 0.6 is 0 Å². The fourth-order valence-electron chi connectivity index (χ4n) is 1.94. The molecule has 21 heavy (non-hydrogen) atoms. The van der Waals surface area contributed by atoms with Crippen molar-refractivity contribution in [1.29, 1.82) is 0 Å². The Kier molecular flexibility index (Phi) is 6.25. The van der Waals surface area contributed by atoms with Crippen LogP contribution in [-0.2, 0) is 10.1 Å². The first kappa shape index (κ1) is 17.5. The highest BCUT2D eigenvalue weighted by Crippen LogP contribution is 2.28. The Morgan fingerprint density at radius 3 is 2.10 bits per heavy atom. The molecule has 0 aliphatic carbocycles. The van der Waals surface area contributed by atoms with Gasteiger partial charge in [0.2, 0.25) is 0 Å². The quantitative estimate of drug-likeness (QED) is 0.683. The number of hydrogen-bond donors (Lipinski definition) is 2. The van der Waals surface area contributed by atoms with Crippen molar-refractivity contribution in [1.82, 2.24) is 0 Å². The SMILES string of the molecule is CCN(CC(O)CS(=O)(=O)O)c1cc(OC)cc(OC)c1. The summed E-state index contributed by atoms with van der Waals surface area (Å²) in [4.78, 5) is 1.76. The van der Waals surface area contributed by atoms with E-state index in [0.717, 1.165) is 5.69 Å². The highest BCUT2D eigenvalue weighted by Gasteiger charge is 2.18. The van der Waals surface area contributed by atoms with Crippen molar-refractivity contribution in [3.05, 3.63) is 18.2 Å². The minimum absolute atomic E-state index is 0.0621. The van der Waals surface area contributed by atoms with Crippen molar-refractivity contribution >= 4 is 15.8 Å². The molecule has 1 atom stereocenters. The van der Waals surface area contributed by atoms with Crippen LogP contribution in [0.4, 0.5) is 5.69 Å². The van der Waals surface area contributed by atoms with Crippen LogP contribution in [0.1, 0.15) is 6.92 Å². The molecule has 0 aliphatic rings. The molecule has 1 rings (SSSR count). The van der Waals surface area contributed by atoms with Crippen LogP contribution in [0.25, 0.3) is 0 Å². The minimum Gasteiger partial charge on any atom is -0.497 e. The molecule has 0 radical (unpaired) electrons. The van der Waals surface area contributed by atoms with Crippen LogP contribution in [0.15, 0.2) is 18.2 Å². The second-order valence-corrected chi connectivity index (χ2v) is 6.01. The first-order chi connectivity index (χ1) is 9.78. The number of hydrogen-bond acceptors (Lipinski definition) is 6. The van der Waals surface area contributed by atoms with Gasteiger partial charge in [0, 0.05) is 37.0 Å². The highest BCUT2D eigenvalue weighted by molar-refractivity contribution is 7.85. The number of benzene rings is 1. The van der Waals surface area contributed by atoms with Gasteiger partial charge >= 0.3 is 0 Å². The average molecular weight is 319 g/mol. The van der Waals surface area contributed by atoms with Gasteiger partial charge < -0.3 is 19.5 Å². The Balaban J connectivity index is 2.94. The fraction of sp³-hybridized carbons (Fsp3) is 0.538. The van der Waals surface area contributed by atoms with E-state index in [1.807, 2.05) is 6.92 Å². The van der Waals surface area contributed by atoms with Gasteiger partial charge in [-0.15, -0.1) is 0 Å². The van der Waals surface area contributed by atoms with Crippen LogP contribution in [-0.4, -0.2) is 57.2 Å². The van der Waals surface area contributed by atoms with Crippen molar-refractivity contribution in [3.8, 4) is 11.5 Å². The van der Waals surface area contributed by atoms with E-state index in [9.17, 15) is 13.5 Å². The molecular formula is C13H21NO6S. The first-order valence-electron chi connectivity index (χ1n) is 6.40. The lowest BCUT2D eigenvalue weighted by Gasteiger charge is -2.26. The van der Waals surface area contributed by atoms with Crippen molar-refractivity contribution in [2.24, 2.45) is 0 Å². The van der Waals surface area contributed by atoms with Crippen LogP contribution in [0.3, 0.4) is 0 Å². The maximum atomic E-state index is 10.8. The molecule has 7 nitrogen and oxygen atoms in total. The lowest BCUT2D eigenvalue weighted by molar-refractivity contribution is 0.200. The lowest BCUT2D eigenvalue weighted by Crippen LogP contribution is -2.36. The molecule has 0 heterocycles. The normalized spacial score (nSPS) is 12.8. The summed E-state index contributed by atoms with van der Waals surface area (Å²) in [6.45, 7) is 2.47. The number of likely N-dealkylation sites (N-methyl/N-ethyl adjacent to an activating group) is 1. The van der Waals surface area contributed by atoms with Crippen LogP contribution < -0.4 is 14.4 Å². The molecule has 0 aliphatic heterocycles. The van der Waals surface area contributed by atoms with Gasteiger partial charge in [0.05, 0.1) is 20.3 Å². The third-order valence-electron chi connectivity index (χ3n) is 2.92. The molecule has 8 heteroatoms. The van der Waals surface area contributed by atoms with Crippen molar-refractivity contribution < 1.29 is 27.6 Å². The summed E-state index contributed by atoms with van der Waals surface area (Å²) < 4.78 is 40.7. The Bertz CT molecular complexity index is 538. The predicted octanol–water partition coefficient (Wildman–Crippen LogP) is 0.779. The summed E-state index contributed by atoms with van der Waals surface area (Å²) in [6, 6.07) is 5.23. The second kappa shape index (κ2) is 7.48. The summed E-state index contributed by atoms with van der Waals surface area (Å²) in [6.07, 6.45) is -1.20. The van der Waals surface area contributed by atoms with E-state index < -0.39 is 22.0 Å². The molecule has 0 saturated heterocycles. The first-order valence-corrected chi connectivity index (χ1v) is 8.01. The van der Waals surface area contributed by atoms with Crippen LogP contribution in [0.5, 0.6) is 11.5 Å². The number of nitrogens with zero attached hydrogens (tertiary/aromatic N) is 1. The monoisotopic (exact) mass is 319 g/mol. The zero-order chi connectivity index (χ0) is 16.0. The smallest absolute Gasteiger partial charge is 0.267 e. The zero-order valence-electron chi connectivity index (χ0n) is 12.3. The summed E-state index contributed by atoms with van der Waals surface area (Å²) in [5.74, 6) is 0.476. The summed E-state index contributed by atoms with van der Waals surface area (Å²) in [5.41, 5.74) is 0.725. The molecule has 1 unspecified atom stereocenters. The highest BCUT2D eigenvalue weighted by atomic mass is 32.2. The maximum absolute atomic E-state index is 10.8. The average Bonchev–Trinajstić information content (AvgIpc) is 2.42.